The van der Waals surface area contributed by atoms with Crippen LogP contribution in [0, 0.1) is 10.1 Å². The van der Waals surface area contributed by atoms with Crippen molar-refractivity contribution in [1.82, 2.24) is 4.98 Å². The van der Waals surface area contributed by atoms with Crippen molar-refractivity contribution >= 4 is 11.7 Å². The van der Waals surface area contributed by atoms with Crippen LogP contribution >= 0.6 is 0 Å². The molecule has 1 N–H and O–H groups in total. The van der Waals surface area contributed by atoms with E-state index in [9.17, 15) is 28.1 Å². The maximum atomic E-state index is 12.3. The third kappa shape index (κ3) is 3.70. The fraction of sp³-hybridized carbons (Fsp3) is 0.333. The van der Waals surface area contributed by atoms with Crippen molar-refractivity contribution in [2.45, 2.75) is 12.8 Å². The lowest BCUT2D eigenvalue weighted by Gasteiger charge is -2.13. The van der Waals surface area contributed by atoms with Gasteiger partial charge < -0.3 is 14.6 Å². The highest BCUT2D eigenvalue weighted by atomic mass is 19.4. The first-order valence-electron chi connectivity index (χ1n) is 4.83. The van der Waals surface area contributed by atoms with Crippen LogP contribution in [0.1, 0.15) is 5.69 Å². The Balaban J connectivity index is 3.50. The number of nitro groups is 1. The highest BCUT2D eigenvalue weighted by Crippen LogP contribution is 2.40. The lowest BCUT2D eigenvalue weighted by Crippen LogP contribution is -2.20. The Bertz CT molecular complexity index is 545. The second-order valence-corrected chi connectivity index (χ2v) is 3.33. The number of nitrogens with zero attached hydrogens (tertiary/aromatic N) is 2. The van der Waals surface area contributed by atoms with E-state index in [2.05, 4.69) is 14.5 Å². The largest absolute Gasteiger partial charge is 0.573 e. The lowest BCUT2D eigenvalue weighted by atomic mass is 10.2. The van der Waals surface area contributed by atoms with Gasteiger partial charge in [-0.1, -0.05) is 0 Å². The van der Waals surface area contributed by atoms with Crippen molar-refractivity contribution in [3.05, 3.63) is 22.0 Å². The number of pyridine rings is 1. The summed E-state index contributed by atoms with van der Waals surface area (Å²) in [5.41, 5.74) is -1.88. The molecule has 0 spiro atoms. The Labute approximate surface area is 108 Å². The highest BCUT2D eigenvalue weighted by molar-refractivity contribution is 5.72. The Morgan fingerprint density at radius 1 is 1.55 bits per heavy atom. The molecule has 1 aromatic heterocycles. The average Bonchev–Trinajstić information content (AvgIpc) is 2.27. The molecule has 0 aromatic carbocycles. The molecule has 0 bridgehead atoms. The second kappa shape index (κ2) is 5.59. The van der Waals surface area contributed by atoms with Crippen molar-refractivity contribution in [2.24, 2.45) is 0 Å². The number of halogens is 3. The summed E-state index contributed by atoms with van der Waals surface area (Å²) in [7, 11) is 0.984. The van der Waals surface area contributed by atoms with Crippen molar-refractivity contribution < 1.29 is 37.5 Å². The molecule has 0 saturated carbocycles. The summed E-state index contributed by atoms with van der Waals surface area (Å²) >= 11 is 0. The van der Waals surface area contributed by atoms with Gasteiger partial charge in [0.2, 0.25) is 11.5 Å². The van der Waals surface area contributed by atoms with Crippen molar-refractivity contribution in [3.8, 4) is 11.5 Å². The molecule has 110 valence electrons. The monoisotopic (exact) mass is 296 g/mol. The minimum atomic E-state index is -5.24. The molecule has 0 saturated heterocycles. The minimum Gasteiger partial charge on any atom is -0.489 e. The molecule has 11 heteroatoms. The summed E-state index contributed by atoms with van der Waals surface area (Å²) in [6.07, 6.45) is -5.47. The number of carboxylic acid groups (broad SMARTS) is 1. The molecule has 0 aliphatic heterocycles. The zero-order valence-electron chi connectivity index (χ0n) is 9.80. The summed E-state index contributed by atoms with van der Waals surface area (Å²) in [5.74, 6) is -3.41. The third-order valence-corrected chi connectivity index (χ3v) is 1.99. The first-order chi connectivity index (χ1) is 9.15. The maximum Gasteiger partial charge on any atom is 0.573 e. The second-order valence-electron chi connectivity index (χ2n) is 3.33. The quantitative estimate of drug-likeness (QED) is 0.647. The van der Waals surface area contributed by atoms with Crippen molar-refractivity contribution in [1.29, 1.82) is 0 Å². The Hall–Kier alpha value is -2.59. The molecule has 0 radical (unpaired) electrons. The zero-order valence-corrected chi connectivity index (χ0v) is 9.80. The number of aliphatic carboxylic acids is 1. The van der Waals surface area contributed by atoms with E-state index in [4.69, 9.17) is 5.11 Å². The summed E-state index contributed by atoms with van der Waals surface area (Å²) < 4.78 is 44.9. The van der Waals surface area contributed by atoms with E-state index in [1.165, 1.54) is 0 Å². The third-order valence-electron chi connectivity index (χ3n) is 1.99. The molecule has 1 rings (SSSR count). The van der Waals surface area contributed by atoms with Crippen LogP contribution in [-0.2, 0) is 11.2 Å². The topological polar surface area (TPSA) is 112 Å². The number of carbonyl (C=O) groups is 1. The van der Waals surface area contributed by atoms with E-state index < -0.39 is 46.6 Å². The standard InChI is InChI=1S/C9H7F3N2O6/c1-19-5-3-13-4(2-6(15)16)8(7(5)14(17)18)20-9(10,11)12/h3H,2H2,1H3,(H,15,16). The van der Waals surface area contributed by atoms with Gasteiger partial charge in [0.1, 0.15) is 5.69 Å². The van der Waals surface area contributed by atoms with Gasteiger partial charge in [0.25, 0.3) is 0 Å². The van der Waals surface area contributed by atoms with E-state index in [-0.39, 0.29) is 0 Å². The average molecular weight is 296 g/mol. The highest BCUT2D eigenvalue weighted by Gasteiger charge is 2.38. The van der Waals surface area contributed by atoms with Crippen LogP contribution in [0.15, 0.2) is 6.20 Å². The number of aromatic nitrogens is 1. The predicted octanol–water partition coefficient (Wildman–Crippen LogP) is 1.52. The van der Waals surface area contributed by atoms with Crippen LogP contribution in [0.2, 0.25) is 0 Å². The molecule has 1 aromatic rings. The van der Waals surface area contributed by atoms with Crippen LogP contribution in [0.4, 0.5) is 18.9 Å². The van der Waals surface area contributed by atoms with Crippen LogP contribution < -0.4 is 9.47 Å². The van der Waals surface area contributed by atoms with Crippen LogP contribution in [0.3, 0.4) is 0 Å². The van der Waals surface area contributed by atoms with Gasteiger partial charge in [-0.05, 0) is 0 Å². The molecule has 0 fully saturated rings. The molecule has 8 nitrogen and oxygen atoms in total. The predicted molar refractivity (Wildman–Crippen MR) is 55.5 cm³/mol. The van der Waals surface area contributed by atoms with Gasteiger partial charge in [-0.15, -0.1) is 13.2 Å². The summed E-state index contributed by atoms with van der Waals surface area (Å²) in [4.78, 5) is 23.6. The number of alkyl halides is 3. The molecular formula is C9H7F3N2O6. The van der Waals surface area contributed by atoms with Gasteiger partial charge in [-0.2, -0.15) is 0 Å². The molecule has 20 heavy (non-hydrogen) atoms. The molecule has 0 amide bonds. The van der Waals surface area contributed by atoms with Crippen molar-refractivity contribution in [2.75, 3.05) is 7.11 Å². The Kier molecular flexibility index (Phi) is 4.32. The van der Waals surface area contributed by atoms with E-state index >= 15 is 0 Å². The summed E-state index contributed by atoms with van der Waals surface area (Å²) in [6.45, 7) is 0. The number of hydrogen-bond donors (Lipinski definition) is 1. The maximum absolute atomic E-state index is 12.3. The van der Waals surface area contributed by atoms with E-state index in [0.29, 0.717) is 0 Å². The van der Waals surface area contributed by atoms with E-state index in [1.807, 2.05) is 0 Å². The molecule has 0 aliphatic carbocycles. The van der Waals surface area contributed by atoms with Crippen LogP contribution in [0.5, 0.6) is 11.5 Å². The minimum absolute atomic E-state index is 0.580. The molecule has 0 unspecified atom stereocenters. The van der Waals surface area contributed by atoms with Gasteiger partial charge in [0.15, 0.2) is 0 Å². The summed E-state index contributed by atoms with van der Waals surface area (Å²) in [6, 6.07) is 0. The van der Waals surface area contributed by atoms with Gasteiger partial charge in [-0.25, -0.2) is 0 Å². The Morgan fingerprint density at radius 3 is 2.55 bits per heavy atom. The van der Waals surface area contributed by atoms with E-state index in [0.717, 1.165) is 13.3 Å². The molecular weight excluding hydrogens is 289 g/mol. The molecule has 1 heterocycles. The zero-order chi connectivity index (χ0) is 15.5. The molecule has 0 aliphatic rings. The first-order valence-corrected chi connectivity index (χ1v) is 4.83. The number of carboxylic acids is 1. The number of ether oxygens (including phenoxy) is 2. The number of hydrogen-bond acceptors (Lipinski definition) is 6. The fourth-order valence-electron chi connectivity index (χ4n) is 1.32. The van der Waals surface area contributed by atoms with Crippen LogP contribution in [0.25, 0.3) is 0 Å². The fourth-order valence-corrected chi connectivity index (χ4v) is 1.32. The van der Waals surface area contributed by atoms with Gasteiger partial charge >= 0.3 is 18.0 Å². The van der Waals surface area contributed by atoms with Gasteiger partial charge in [0.05, 0.1) is 24.7 Å². The Morgan fingerprint density at radius 2 is 2.15 bits per heavy atom. The SMILES string of the molecule is COc1cnc(CC(=O)O)c(OC(F)(F)F)c1[N+](=O)[O-]. The van der Waals surface area contributed by atoms with Gasteiger partial charge in [-0.3, -0.25) is 19.9 Å². The number of rotatable bonds is 5. The lowest BCUT2D eigenvalue weighted by molar-refractivity contribution is -0.389. The van der Waals surface area contributed by atoms with Gasteiger partial charge in [0, 0.05) is 0 Å². The number of methoxy groups -OCH3 is 1. The van der Waals surface area contributed by atoms with E-state index in [1.54, 1.807) is 0 Å². The smallest absolute Gasteiger partial charge is 0.489 e. The van der Waals surface area contributed by atoms with Crippen LogP contribution in [-0.4, -0.2) is 34.5 Å². The van der Waals surface area contributed by atoms with Crippen molar-refractivity contribution in [3.63, 3.8) is 0 Å². The first kappa shape index (κ1) is 15.5. The summed E-state index contributed by atoms with van der Waals surface area (Å²) in [5, 5.41) is 19.4. The molecule has 0 atom stereocenters. The normalized spacial score (nSPS) is 11.0.